The van der Waals surface area contributed by atoms with Crippen molar-refractivity contribution in [1.29, 1.82) is 0 Å². The molecule has 0 unspecified atom stereocenters. The third kappa shape index (κ3) is 4.45. The van der Waals surface area contributed by atoms with E-state index in [0.717, 1.165) is 41.8 Å². The number of nitrogens with zero attached hydrogens (tertiary/aromatic N) is 1. The highest BCUT2D eigenvalue weighted by atomic mass is 32.1. The average Bonchev–Trinajstić information content (AvgIpc) is 3.39. The van der Waals surface area contributed by atoms with Crippen LogP contribution < -0.4 is 11.1 Å². The van der Waals surface area contributed by atoms with Gasteiger partial charge in [0.25, 0.3) is 0 Å². The number of H-pyrrole nitrogens is 1. The lowest BCUT2D eigenvalue weighted by Crippen LogP contribution is -2.37. The van der Waals surface area contributed by atoms with Gasteiger partial charge in [-0.3, -0.25) is 0 Å². The fourth-order valence-corrected chi connectivity index (χ4v) is 4.67. The van der Waals surface area contributed by atoms with E-state index in [1.165, 1.54) is 10.9 Å². The van der Waals surface area contributed by atoms with Crippen LogP contribution in [-0.4, -0.2) is 29.6 Å². The van der Waals surface area contributed by atoms with E-state index in [2.05, 4.69) is 33.6 Å². The van der Waals surface area contributed by atoms with E-state index >= 15 is 0 Å². The molecule has 2 heterocycles. The number of benzene rings is 1. The smallest absolute Gasteiger partial charge is 0.407 e. The molecule has 152 valence electrons. The van der Waals surface area contributed by atoms with E-state index in [9.17, 15) is 4.79 Å². The van der Waals surface area contributed by atoms with E-state index in [-0.39, 0.29) is 12.1 Å². The second-order valence-electron chi connectivity index (χ2n) is 7.36. The summed E-state index contributed by atoms with van der Waals surface area (Å²) >= 11 is 1.59. The van der Waals surface area contributed by atoms with E-state index in [4.69, 9.17) is 10.5 Å². The number of thiophene rings is 1. The standard InChI is InChI=1S/C22H26N4O2S/c1-2-28-22(27)26-15-7-5-14(6-8-15)18-13-24-19-10-9-16(12-17(18)19)25-21(23)20-4-3-11-29-20/h3-4,9-15,24H,2,5-8H2,1H3,(H2,23,25)(H,26,27). The molecule has 1 aromatic carbocycles. The van der Waals surface area contributed by atoms with Crippen molar-refractivity contribution in [2.75, 3.05) is 6.61 Å². The van der Waals surface area contributed by atoms with E-state index in [0.29, 0.717) is 18.4 Å². The molecule has 0 spiro atoms. The lowest BCUT2D eigenvalue weighted by atomic mass is 9.81. The van der Waals surface area contributed by atoms with Crippen LogP contribution in [0.1, 0.15) is 49.0 Å². The Bertz CT molecular complexity index is 1000. The molecular weight excluding hydrogens is 384 g/mol. The third-order valence-electron chi connectivity index (χ3n) is 5.48. The van der Waals surface area contributed by atoms with Crippen molar-refractivity contribution in [2.45, 2.75) is 44.6 Å². The van der Waals surface area contributed by atoms with Crippen molar-refractivity contribution in [3.63, 3.8) is 0 Å². The first-order valence-corrected chi connectivity index (χ1v) is 10.9. The Morgan fingerprint density at radius 2 is 2.14 bits per heavy atom. The zero-order valence-electron chi connectivity index (χ0n) is 16.5. The summed E-state index contributed by atoms with van der Waals surface area (Å²) < 4.78 is 5.00. The van der Waals surface area contributed by atoms with Crippen molar-refractivity contribution in [3.05, 3.63) is 52.3 Å². The summed E-state index contributed by atoms with van der Waals surface area (Å²) in [5.41, 5.74) is 9.45. The van der Waals surface area contributed by atoms with Gasteiger partial charge in [-0.25, -0.2) is 9.79 Å². The highest BCUT2D eigenvalue weighted by molar-refractivity contribution is 7.12. The number of carbonyl (C=O) groups excluding carboxylic acids is 1. The number of alkyl carbamates (subject to hydrolysis) is 1. The maximum absolute atomic E-state index is 11.6. The molecule has 7 heteroatoms. The quantitative estimate of drug-likeness (QED) is 0.406. The molecule has 0 atom stereocenters. The van der Waals surface area contributed by atoms with Gasteiger partial charge in [-0.2, -0.15) is 0 Å². The molecule has 6 nitrogen and oxygen atoms in total. The van der Waals surface area contributed by atoms with Crippen LogP contribution in [0, 0.1) is 0 Å². The van der Waals surface area contributed by atoms with Crippen LogP contribution in [0.3, 0.4) is 0 Å². The SMILES string of the molecule is CCOC(=O)NC1CCC(c2c[nH]c3ccc(N=C(N)c4cccs4)cc23)CC1. The number of carbonyl (C=O) groups is 1. The van der Waals surface area contributed by atoms with Crippen molar-refractivity contribution in [1.82, 2.24) is 10.3 Å². The second-order valence-corrected chi connectivity index (χ2v) is 8.31. The Kier molecular flexibility index (Phi) is 5.85. The molecule has 0 radical (unpaired) electrons. The zero-order valence-corrected chi connectivity index (χ0v) is 17.3. The van der Waals surface area contributed by atoms with Crippen LogP contribution in [0.4, 0.5) is 10.5 Å². The number of hydrogen-bond donors (Lipinski definition) is 3. The summed E-state index contributed by atoms with van der Waals surface area (Å²) in [6, 6.07) is 10.3. The van der Waals surface area contributed by atoms with Gasteiger partial charge in [0.1, 0.15) is 5.84 Å². The molecule has 29 heavy (non-hydrogen) atoms. The van der Waals surface area contributed by atoms with Crippen molar-refractivity contribution >= 4 is 39.9 Å². The maximum Gasteiger partial charge on any atom is 0.407 e. The van der Waals surface area contributed by atoms with Crippen LogP contribution in [-0.2, 0) is 4.74 Å². The van der Waals surface area contributed by atoms with Gasteiger partial charge in [0.05, 0.1) is 17.2 Å². The maximum atomic E-state index is 11.6. The number of aliphatic imine (C=N–C) groups is 1. The first-order valence-electron chi connectivity index (χ1n) is 10.1. The minimum atomic E-state index is -0.311. The fourth-order valence-electron chi connectivity index (χ4n) is 4.04. The number of amidine groups is 1. The minimum Gasteiger partial charge on any atom is -0.450 e. The lowest BCUT2D eigenvalue weighted by Gasteiger charge is -2.28. The predicted octanol–water partition coefficient (Wildman–Crippen LogP) is 5.04. The number of aromatic amines is 1. The molecular formula is C22H26N4O2S. The molecule has 1 aliphatic carbocycles. The normalized spacial score (nSPS) is 20.0. The van der Waals surface area contributed by atoms with E-state index in [1.54, 1.807) is 11.3 Å². The van der Waals surface area contributed by atoms with Crippen molar-refractivity contribution in [3.8, 4) is 0 Å². The third-order valence-corrected chi connectivity index (χ3v) is 6.38. The van der Waals surface area contributed by atoms with Gasteiger partial charge in [-0.15, -0.1) is 11.3 Å². The Hall–Kier alpha value is -2.80. The number of aromatic nitrogens is 1. The van der Waals surface area contributed by atoms with Crippen molar-refractivity contribution < 1.29 is 9.53 Å². The summed E-state index contributed by atoms with van der Waals surface area (Å²) in [5.74, 6) is 1.01. The molecule has 0 aliphatic heterocycles. The van der Waals surface area contributed by atoms with E-state index < -0.39 is 0 Å². The highest BCUT2D eigenvalue weighted by Crippen LogP contribution is 2.37. The van der Waals surface area contributed by atoms with Gasteiger partial charge in [0.15, 0.2) is 0 Å². The molecule has 0 saturated heterocycles. The number of ether oxygens (including phenoxy) is 1. The van der Waals surface area contributed by atoms with Crippen molar-refractivity contribution in [2.24, 2.45) is 10.7 Å². The van der Waals surface area contributed by atoms with Crippen LogP contribution in [0.15, 0.2) is 46.9 Å². The Morgan fingerprint density at radius 3 is 2.86 bits per heavy atom. The first-order chi connectivity index (χ1) is 14.1. The Morgan fingerprint density at radius 1 is 1.31 bits per heavy atom. The first kappa shape index (κ1) is 19.5. The number of hydrogen-bond acceptors (Lipinski definition) is 4. The molecule has 3 aromatic rings. The largest absolute Gasteiger partial charge is 0.450 e. The summed E-state index contributed by atoms with van der Waals surface area (Å²) in [5, 5.41) is 6.17. The molecule has 4 N–H and O–H groups in total. The predicted molar refractivity (Wildman–Crippen MR) is 118 cm³/mol. The number of amides is 1. The lowest BCUT2D eigenvalue weighted by molar-refractivity contribution is 0.144. The Labute approximate surface area is 174 Å². The number of nitrogens with one attached hydrogen (secondary N) is 2. The number of nitrogens with two attached hydrogens (primary N) is 1. The zero-order chi connectivity index (χ0) is 20.2. The molecule has 1 fully saturated rings. The van der Waals surface area contributed by atoms with Crippen LogP contribution in [0.2, 0.25) is 0 Å². The van der Waals surface area contributed by atoms with Crippen LogP contribution in [0.5, 0.6) is 0 Å². The summed E-state index contributed by atoms with van der Waals surface area (Å²) in [6.45, 7) is 2.22. The number of rotatable bonds is 5. The van der Waals surface area contributed by atoms with Gasteiger partial charge in [-0.05, 0) is 73.7 Å². The molecule has 1 amide bonds. The molecule has 0 bridgehead atoms. The van der Waals surface area contributed by atoms with E-state index in [1.807, 2.05) is 30.5 Å². The van der Waals surface area contributed by atoms with Gasteiger partial charge in [-0.1, -0.05) is 6.07 Å². The fraction of sp³-hybridized carbons (Fsp3) is 0.364. The Balaban J connectivity index is 1.49. The van der Waals surface area contributed by atoms with Gasteiger partial charge in [0, 0.05) is 23.1 Å². The highest BCUT2D eigenvalue weighted by Gasteiger charge is 2.25. The molecule has 4 rings (SSSR count). The number of fused-ring (bicyclic) bond motifs is 1. The van der Waals surface area contributed by atoms with Crippen LogP contribution >= 0.6 is 11.3 Å². The average molecular weight is 411 g/mol. The summed E-state index contributed by atoms with van der Waals surface area (Å²) in [6.07, 6.45) is 5.79. The van der Waals surface area contributed by atoms with Gasteiger partial charge in [0.2, 0.25) is 0 Å². The van der Waals surface area contributed by atoms with Gasteiger partial charge < -0.3 is 20.8 Å². The minimum absolute atomic E-state index is 0.196. The summed E-state index contributed by atoms with van der Waals surface area (Å²) in [7, 11) is 0. The molecule has 2 aromatic heterocycles. The van der Waals surface area contributed by atoms with Crippen LogP contribution in [0.25, 0.3) is 10.9 Å². The summed E-state index contributed by atoms with van der Waals surface area (Å²) in [4.78, 5) is 20.6. The monoisotopic (exact) mass is 410 g/mol. The molecule has 1 saturated carbocycles. The topological polar surface area (TPSA) is 92.5 Å². The van der Waals surface area contributed by atoms with Gasteiger partial charge >= 0.3 is 6.09 Å². The molecule has 1 aliphatic rings. The second kappa shape index (κ2) is 8.69.